The summed E-state index contributed by atoms with van der Waals surface area (Å²) in [4.78, 5) is 30.8. The Kier molecular flexibility index (Phi) is 6.76. The third kappa shape index (κ3) is 4.89. The average Bonchev–Trinajstić information content (AvgIpc) is 2.98. The van der Waals surface area contributed by atoms with E-state index < -0.39 is 5.97 Å². The summed E-state index contributed by atoms with van der Waals surface area (Å²) in [5.41, 5.74) is 1.89. The Morgan fingerprint density at radius 1 is 1.24 bits per heavy atom. The maximum absolute atomic E-state index is 12.7. The first-order valence-electron chi connectivity index (χ1n) is 8.80. The highest BCUT2D eigenvalue weighted by Gasteiger charge is 2.30. The highest BCUT2D eigenvalue weighted by Crippen LogP contribution is 2.35. The van der Waals surface area contributed by atoms with Crippen molar-refractivity contribution in [1.29, 1.82) is 0 Å². The molecule has 29 heavy (non-hydrogen) atoms. The molecule has 2 aromatic rings. The number of carbonyl (C=O) groups excluding carboxylic acids is 2. The number of aliphatic imine (C=N–C) groups is 1. The second-order valence-electron chi connectivity index (χ2n) is 6.02. The van der Waals surface area contributed by atoms with Crippen LogP contribution in [0.5, 0.6) is 5.75 Å². The highest BCUT2D eigenvalue weighted by atomic mass is 79.9. The molecule has 1 fully saturated rings. The number of amides is 1. The number of esters is 1. The molecule has 2 aromatic carbocycles. The molecular formula is C21H19BrN2O4S. The van der Waals surface area contributed by atoms with Crippen LogP contribution in [0.3, 0.4) is 0 Å². The lowest BCUT2D eigenvalue weighted by Gasteiger charge is -2.08. The van der Waals surface area contributed by atoms with Crippen LogP contribution in [0, 0.1) is 0 Å². The van der Waals surface area contributed by atoms with E-state index in [1.54, 1.807) is 31.3 Å². The first-order chi connectivity index (χ1) is 13.9. The van der Waals surface area contributed by atoms with Crippen molar-refractivity contribution < 1.29 is 19.1 Å². The number of amidine groups is 1. The normalized spacial score (nSPS) is 16.6. The Bertz CT molecular complexity index is 1000. The maximum Gasteiger partial charge on any atom is 0.337 e. The van der Waals surface area contributed by atoms with Crippen LogP contribution in [0.25, 0.3) is 6.08 Å². The number of benzene rings is 2. The molecule has 0 bridgehead atoms. The molecular weight excluding hydrogens is 456 g/mol. The summed E-state index contributed by atoms with van der Waals surface area (Å²) in [6.07, 6.45) is 1.81. The van der Waals surface area contributed by atoms with Gasteiger partial charge in [-0.15, -0.1) is 0 Å². The number of likely N-dealkylation sites (N-methyl/N-ethyl adjacent to an activating group) is 1. The molecule has 1 aliphatic rings. The van der Waals surface area contributed by atoms with Gasteiger partial charge in [-0.2, -0.15) is 0 Å². The van der Waals surface area contributed by atoms with Crippen LogP contribution in [0.2, 0.25) is 0 Å². The maximum atomic E-state index is 12.7. The number of hydrogen-bond acceptors (Lipinski definition) is 6. The number of halogens is 1. The van der Waals surface area contributed by atoms with Gasteiger partial charge in [-0.1, -0.05) is 15.9 Å². The van der Waals surface area contributed by atoms with E-state index in [0.29, 0.717) is 33.7 Å². The summed E-state index contributed by atoms with van der Waals surface area (Å²) in [7, 11) is 3.02. The zero-order valence-corrected chi connectivity index (χ0v) is 18.5. The molecule has 0 aliphatic carbocycles. The highest BCUT2D eigenvalue weighted by molar-refractivity contribution is 9.10. The first-order valence-corrected chi connectivity index (χ1v) is 10.4. The molecule has 3 rings (SSSR count). The molecule has 0 spiro atoms. The van der Waals surface area contributed by atoms with Crippen LogP contribution in [0.15, 0.2) is 56.8 Å². The lowest BCUT2D eigenvalue weighted by molar-refractivity contribution is -0.121. The molecule has 0 aromatic heterocycles. The van der Waals surface area contributed by atoms with Crippen LogP contribution >= 0.6 is 27.7 Å². The quantitative estimate of drug-likeness (QED) is 0.456. The van der Waals surface area contributed by atoms with Gasteiger partial charge < -0.3 is 9.47 Å². The molecule has 0 unspecified atom stereocenters. The minimum absolute atomic E-state index is 0.137. The standard InChI is InChI=1S/C21H19BrN2O4S/c1-4-28-17-10-7-15(22)11-14(17)12-18-19(25)24(2)21(29-18)23-16-8-5-13(6-9-16)20(26)27-3/h5-12H,4H2,1-3H3/b18-12-,23-21?. The second kappa shape index (κ2) is 9.28. The van der Waals surface area contributed by atoms with Crippen molar-refractivity contribution in [3.63, 3.8) is 0 Å². The van der Waals surface area contributed by atoms with Crippen molar-refractivity contribution in [2.24, 2.45) is 4.99 Å². The molecule has 150 valence electrons. The fourth-order valence-corrected chi connectivity index (χ4v) is 3.97. The van der Waals surface area contributed by atoms with Crippen molar-refractivity contribution in [3.05, 3.63) is 63.0 Å². The summed E-state index contributed by atoms with van der Waals surface area (Å²) >= 11 is 4.75. The minimum Gasteiger partial charge on any atom is -0.493 e. The Morgan fingerprint density at radius 2 is 1.97 bits per heavy atom. The van der Waals surface area contributed by atoms with Crippen molar-refractivity contribution in [2.45, 2.75) is 6.92 Å². The van der Waals surface area contributed by atoms with Gasteiger partial charge in [0.05, 0.1) is 29.9 Å². The largest absolute Gasteiger partial charge is 0.493 e. The van der Waals surface area contributed by atoms with Gasteiger partial charge in [-0.05, 0) is 67.2 Å². The SMILES string of the molecule is CCOc1ccc(Br)cc1/C=C1\SC(=Nc2ccc(C(=O)OC)cc2)N(C)C1=O. The number of rotatable bonds is 5. The fraction of sp³-hybridized carbons (Fsp3) is 0.190. The van der Waals surface area contributed by atoms with Crippen molar-refractivity contribution in [2.75, 3.05) is 20.8 Å². The predicted molar refractivity (Wildman–Crippen MR) is 119 cm³/mol. The fourth-order valence-electron chi connectivity index (χ4n) is 2.61. The van der Waals surface area contributed by atoms with Crippen molar-refractivity contribution in [3.8, 4) is 5.75 Å². The van der Waals surface area contributed by atoms with Crippen molar-refractivity contribution >= 4 is 56.5 Å². The van der Waals surface area contributed by atoms with Gasteiger partial charge in [-0.3, -0.25) is 9.69 Å². The second-order valence-corrected chi connectivity index (χ2v) is 7.95. The zero-order valence-electron chi connectivity index (χ0n) is 16.1. The lowest BCUT2D eigenvalue weighted by Crippen LogP contribution is -2.23. The van der Waals surface area contributed by atoms with E-state index in [-0.39, 0.29) is 5.91 Å². The smallest absolute Gasteiger partial charge is 0.337 e. The van der Waals surface area contributed by atoms with Gasteiger partial charge in [0.1, 0.15) is 5.75 Å². The average molecular weight is 475 g/mol. The number of methoxy groups -OCH3 is 1. The van der Waals surface area contributed by atoms with E-state index in [1.807, 2.05) is 31.2 Å². The molecule has 0 N–H and O–H groups in total. The minimum atomic E-state index is -0.406. The number of nitrogens with zero attached hydrogens (tertiary/aromatic N) is 2. The van der Waals surface area contributed by atoms with Crippen LogP contribution in [-0.4, -0.2) is 42.7 Å². The van der Waals surface area contributed by atoms with E-state index in [1.165, 1.54) is 23.8 Å². The first kappa shape index (κ1) is 21.1. The van der Waals surface area contributed by atoms with Gasteiger partial charge in [0.15, 0.2) is 5.17 Å². The zero-order chi connectivity index (χ0) is 21.0. The molecule has 0 atom stereocenters. The van der Waals surface area contributed by atoms with Crippen LogP contribution in [0.4, 0.5) is 5.69 Å². The molecule has 8 heteroatoms. The number of carbonyl (C=O) groups is 2. The molecule has 1 amide bonds. The molecule has 1 saturated heterocycles. The van der Waals surface area contributed by atoms with E-state index in [4.69, 9.17) is 9.47 Å². The van der Waals surface area contributed by atoms with E-state index in [2.05, 4.69) is 20.9 Å². The Labute approximate surface area is 181 Å². The van der Waals surface area contributed by atoms with Gasteiger partial charge in [0.2, 0.25) is 0 Å². The molecule has 6 nitrogen and oxygen atoms in total. The van der Waals surface area contributed by atoms with Gasteiger partial charge >= 0.3 is 5.97 Å². The predicted octanol–water partition coefficient (Wildman–Crippen LogP) is 4.87. The lowest BCUT2D eigenvalue weighted by atomic mass is 10.2. The Morgan fingerprint density at radius 3 is 2.62 bits per heavy atom. The summed E-state index contributed by atoms with van der Waals surface area (Å²) in [5, 5.41) is 0.556. The molecule has 0 saturated carbocycles. The summed E-state index contributed by atoms with van der Waals surface area (Å²) in [6.45, 7) is 2.45. The van der Waals surface area contributed by atoms with Gasteiger partial charge in [0, 0.05) is 17.1 Å². The number of thioether (sulfide) groups is 1. The summed E-state index contributed by atoms with van der Waals surface area (Å²) in [5.74, 6) is 0.168. The van der Waals surface area contributed by atoms with Gasteiger partial charge in [-0.25, -0.2) is 9.79 Å². The van der Waals surface area contributed by atoms with Gasteiger partial charge in [0.25, 0.3) is 5.91 Å². The molecule has 1 aliphatic heterocycles. The van der Waals surface area contributed by atoms with Crippen LogP contribution in [-0.2, 0) is 9.53 Å². The van der Waals surface area contributed by atoms with Crippen molar-refractivity contribution in [1.82, 2.24) is 4.90 Å². The summed E-state index contributed by atoms with van der Waals surface area (Å²) < 4.78 is 11.3. The molecule has 0 radical (unpaired) electrons. The van der Waals surface area contributed by atoms with E-state index in [9.17, 15) is 9.59 Å². The number of ether oxygens (including phenoxy) is 2. The Hall–Kier alpha value is -2.58. The monoisotopic (exact) mass is 474 g/mol. The van der Waals surface area contributed by atoms with Crippen LogP contribution in [0.1, 0.15) is 22.8 Å². The van der Waals surface area contributed by atoms with Crippen LogP contribution < -0.4 is 4.74 Å². The third-order valence-electron chi connectivity index (χ3n) is 4.08. The topological polar surface area (TPSA) is 68.2 Å². The van der Waals surface area contributed by atoms with E-state index >= 15 is 0 Å². The molecule has 1 heterocycles. The Balaban J connectivity index is 1.88. The van der Waals surface area contributed by atoms with E-state index in [0.717, 1.165) is 10.0 Å². The number of hydrogen-bond donors (Lipinski definition) is 0. The summed E-state index contributed by atoms with van der Waals surface area (Å²) in [6, 6.07) is 12.4. The third-order valence-corrected chi connectivity index (χ3v) is 5.63.